The summed E-state index contributed by atoms with van der Waals surface area (Å²) in [7, 11) is 0. The highest BCUT2D eigenvalue weighted by molar-refractivity contribution is 7.99. The second-order valence-corrected chi connectivity index (χ2v) is 5.77. The highest BCUT2D eigenvalue weighted by Crippen LogP contribution is 2.31. The van der Waals surface area contributed by atoms with Crippen LogP contribution in [0.3, 0.4) is 0 Å². The van der Waals surface area contributed by atoms with Crippen molar-refractivity contribution in [3.8, 4) is 0 Å². The Morgan fingerprint density at radius 2 is 1.69 bits per heavy atom. The van der Waals surface area contributed by atoms with Crippen LogP contribution < -0.4 is 5.32 Å². The Morgan fingerprint density at radius 3 is 2.38 bits per heavy atom. The molecule has 1 aliphatic carbocycles. The number of hydrogen-bond donors (Lipinski definition) is 1. The predicted molar refractivity (Wildman–Crippen MR) is 60.3 cm³/mol. The second-order valence-electron chi connectivity index (χ2n) is 4.43. The van der Waals surface area contributed by atoms with Gasteiger partial charge in [-0.1, -0.05) is 12.8 Å². The van der Waals surface area contributed by atoms with Gasteiger partial charge in [0.2, 0.25) is 0 Å². The average molecular weight is 199 g/mol. The first-order chi connectivity index (χ1) is 6.45. The van der Waals surface area contributed by atoms with Gasteiger partial charge in [0, 0.05) is 5.25 Å². The molecule has 0 aromatic rings. The lowest BCUT2D eigenvalue weighted by molar-refractivity contribution is 0.529. The van der Waals surface area contributed by atoms with Crippen molar-refractivity contribution in [3.05, 3.63) is 0 Å². The number of rotatable bonds is 3. The van der Waals surface area contributed by atoms with Gasteiger partial charge in [0.15, 0.2) is 0 Å². The summed E-state index contributed by atoms with van der Waals surface area (Å²) in [5.41, 5.74) is 0. The molecule has 76 valence electrons. The van der Waals surface area contributed by atoms with Crippen LogP contribution >= 0.6 is 11.8 Å². The Bertz CT molecular complexity index is 137. The minimum atomic E-state index is 0.974. The van der Waals surface area contributed by atoms with E-state index in [2.05, 4.69) is 17.1 Å². The maximum atomic E-state index is 3.43. The minimum Gasteiger partial charge on any atom is -0.317 e. The Kier molecular flexibility index (Phi) is 3.98. The van der Waals surface area contributed by atoms with E-state index in [4.69, 9.17) is 0 Å². The van der Waals surface area contributed by atoms with Crippen molar-refractivity contribution in [1.29, 1.82) is 0 Å². The van der Waals surface area contributed by atoms with Crippen molar-refractivity contribution in [2.24, 2.45) is 5.92 Å². The zero-order chi connectivity index (χ0) is 8.93. The molecule has 0 aromatic carbocycles. The van der Waals surface area contributed by atoms with Crippen molar-refractivity contribution in [1.82, 2.24) is 5.32 Å². The molecule has 0 atom stereocenters. The molecule has 1 nitrogen and oxygen atoms in total. The third-order valence-electron chi connectivity index (χ3n) is 3.33. The molecule has 0 aromatic heterocycles. The van der Waals surface area contributed by atoms with E-state index in [0.717, 1.165) is 11.2 Å². The van der Waals surface area contributed by atoms with Crippen molar-refractivity contribution >= 4 is 11.8 Å². The Hall–Kier alpha value is 0.310. The van der Waals surface area contributed by atoms with Crippen LogP contribution in [0.15, 0.2) is 0 Å². The van der Waals surface area contributed by atoms with Crippen LogP contribution in [-0.2, 0) is 0 Å². The lowest BCUT2D eigenvalue weighted by atomic mass is 10.1. The topological polar surface area (TPSA) is 12.0 Å². The summed E-state index contributed by atoms with van der Waals surface area (Å²) >= 11 is 2.25. The molecular weight excluding hydrogens is 178 g/mol. The normalized spacial score (nSPS) is 26.8. The van der Waals surface area contributed by atoms with E-state index >= 15 is 0 Å². The van der Waals surface area contributed by atoms with Gasteiger partial charge in [-0.15, -0.1) is 0 Å². The van der Waals surface area contributed by atoms with Gasteiger partial charge in [0.25, 0.3) is 0 Å². The summed E-state index contributed by atoms with van der Waals surface area (Å²) in [5.74, 6) is 2.52. The SMILES string of the molecule is C1CCC(CSC2CCNCC2)C1. The lowest BCUT2D eigenvalue weighted by Crippen LogP contribution is -2.29. The molecule has 2 rings (SSSR count). The van der Waals surface area contributed by atoms with Crippen molar-refractivity contribution in [3.63, 3.8) is 0 Å². The number of thioether (sulfide) groups is 1. The van der Waals surface area contributed by atoms with Crippen LogP contribution in [0.25, 0.3) is 0 Å². The Morgan fingerprint density at radius 1 is 1.00 bits per heavy atom. The maximum absolute atomic E-state index is 3.43. The molecular formula is C11H21NS. The molecule has 2 heteroatoms. The summed E-state index contributed by atoms with van der Waals surface area (Å²) in [6.07, 6.45) is 8.82. The highest BCUT2D eigenvalue weighted by atomic mass is 32.2. The summed E-state index contributed by atoms with van der Waals surface area (Å²) in [5, 5.41) is 4.40. The molecule has 0 unspecified atom stereocenters. The van der Waals surface area contributed by atoms with Crippen LogP contribution in [0.2, 0.25) is 0 Å². The fourth-order valence-electron chi connectivity index (χ4n) is 2.41. The fraction of sp³-hybridized carbons (Fsp3) is 1.00. The second kappa shape index (κ2) is 5.26. The monoisotopic (exact) mass is 199 g/mol. The molecule has 0 radical (unpaired) electrons. The number of nitrogens with one attached hydrogen (secondary N) is 1. The third kappa shape index (κ3) is 3.17. The van der Waals surface area contributed by atoms with E-state index in [0.29, 0.717) is 0 Å². The molecule has 13 heavy (non-hydrogen) atoms. The van der Waals surface area contributed by atoms with Gasteiger partial charge < -0.3 is 5.32 Å². The molecule has 1 aliphatic heterocycles. The number of piperidine rings is 1. The largest absolute Gasteiger partial charge is 0.317 e. The van der Waals surface area contributed by atoms with Crippen molar-refractivity contribution in [2.75, 3.05) is 18.8 Å². The lowest BCUT2D eigenvalue weighted by Gasteiger charge is -2.23. The molecule has 1 saturated carbocycles. The van der Waals surface area contributed by atoms with Crippen LogP contribution in [-0.4, -0.2) is 24.1 Å². The first-order valence-corrected chi connectivity index (χ1v) is 6.82. The van der Waals surface area contributed by atoms with E-state index in [1.54, 1.807) is 0 Å². The van der Waals surface area contributed by atoms with E-state index in [9.17, 15) is 0 Å². The fourth-order valence-corrected chi connectivity index (χ4v) is 3.86. The predicted octanol–water partition coefficient (Wildman–Crippen LogP) is 2.66. The summed E-state index contributed by atoms with van der Waals surface area (Å²) < 4.78 is 0. The molecule has 1 N–H and O–H groups in total. The van der Waals surface area contributed by atoms with E-state index in [1.807, 2.05) is 0 Å². The first kappa shape index (κ1) is 9.85. The smallest absolute Gasteiger partial charge is 0.00712 e. The van der Waals surface area contributed by atoms with Crippen molar-refractivity contribution in [2.45, 2.75) is 43.8 Å². The summed E-state index contributed by atoms with van der Waals surface area (Å²) in [6, 6.07) is 0. The molecule has 1 saturated heterocycles. The van der Waals surface area contributed by atoms with Crippen LogP contribution in [0.1, 0.15) is 38.5 Å². The van der Waals surface area contributed by atoms with E-state index < -0.39 is 0 Å². The van der Waals surface area contributed by atoms with Crippen molar-refractivity contribution < 1.29 is 0 Å². The standard InChI is InChI=1S/C11H21NS/c1-2-4-10(3-1)9-13-11-5-7-12-8-6-11/h10-12H,1-9H2. The molecule has 0 spiro atoms. The van der Waals surface area contributed by atoms with Gasteiger partial charge in [0.1, 0.15) is 0 Å². The number of hydrogen-bond acceptors (Lipinski definition) is 2. The Labute approximate surface area is 86.0 Å². The third-order valence-corrected chi connectivity index (χ3v) is 4.94. The average Bonchev–Trinajstić information content (AvgIpc) is 2.69. The van der Waals surface area contributed by atoms with Crippen LogP contribution in [0.4, 0.5) is 0 Å². The van der Waals surface area contributed by atoms with Crippen LogP contribution in [0.5, 0.6) is 0 Å². The molecule has 2 fully saturated rings. The first-order valence-electron chi connectivity index (χ1n) is 5.77. The van der Waals surface area contributed by atoms with Gasteiger partial charge >= 0.3 is 0 Å². The highest BCUT2D eigenvalue weighted by Gasteiger charge is 2.18. The summed E-state index contributed by atoms with van der Waals surface area (Å²) in [4.78, 5) is 0. The molecule has 0 bridgehead atoms. The van der Waals surface area contributed by atoms with E-state index in [-0.39, 0.29) is 0 Å². The minimum absolute atomic E-state index is 0.974. The van der Waals surface area contributed by atoms with Gasteiger partial charge in [-0.3, -0.25) is 0 Å². The zero-order valence-electron chi connectivity index (χ0n) is 8.43. The van der Waals surface area contributed by atoms with E-state index in [1.165, 1.54) is 57.4 Å². The zero-order valence-corrected chi connectivity index (χ0v) is 9.24. The molecule has 0 amide bonds. The molecule has 2 aliphatic rings. The maximum Gasteiger partial charge on any atom is 0.00712 e. The van der Waals surface area contributed by atoms with Gasteiger partial charge in [-0.2, -0.15) is 11.8 Å². The van der Waals surface area contributed by atoms with Gasteiger partial charge in [-0.05, 0) is 50.4 Å². The quantitative estimate of drug-likeness (QED) is 0.750. The molecule has 1 heterocycles. The Balaban J connectivity index is 1.60. The van der Waals surface area contributed by atoms with Gasteiger partial charge in [-0.25, -0.2) is 0 Å². The summed E-state index contributed by atoms with van der Waals surface area (Å²) in [6.45, 7) is 2.50. The van der Waals surface area contributed by atoms with Gasteiger partial charge in [0.05, 0.1) is 0 Å². The van der Waals surface area contributed by atoms with Crippen LogP contribution in [0, 0.1) is 5.92 Å².